The minimum Gasteiger partial charge on any atom is -0.311 e. The van der Waals surface area contributed by atoms with Gasteiger partial charge in [-0.3, -0.25) is 0 Å². The minimum absolute atomic E-state index is 1.07. The van der Waals surface area contributed by atoms with Crippen LogP contribution in [0.15, 0.2) is 322 Å². The summed E-state index contributed by atoms with van der Waals surface area (Å²) in [6, 6.07) is 116. The molecule has 0 fully saturated rings. The smallest absolute Gasteiger partial charge is 0.0619 e. The maximum atomic E-state index is 2.43. The van der Waals surface area contributed by atoms with Gasteiger partial charge in [-0.2, -0.15) is 0 Å². The second-order valence-corrected chi connectivity index (χ2v) is 20.1. The van der Waals surface area contributed by atoms with E-state index in [1.807, 2.05) is 0 Å². The van der Waals surface area contributed by atoms with Crippen LogP contribution in [0, 0.1) is 0 Å². The molecule has 2 aromatic heterocycles. The Morgan fingerprint density at radius 2 is 0.456 bits per heavy atom. The number of fused-ring (bicyclic) bond motifs is 2. The van der Waals surface area contributed by atoms with E-state index in [2.05, 4.69) is 336 Å². The number of nitrogens with zero attached hydrogens (tertiary/aromatic N) is 3. The van der Waals surface area contributed by atoms with Crippen molar-refractivity contribution in [3.8, 4) is 89.5 Å². The molecule has 0 spiro atoms. The molecule has 2 heterocycles. The molecule has 0 atom stereocenters. The largest absolute Gasteiger partial charge is 0.311 e. The third kappa shape index (κ3) is 8.80. The summed E-state index contributed by atoms with van der Waals surface area (Å²) < 4.78 is 4.85. The van der Waals surface area contributed by atoms with Gasteiger partial charge in [-0.05, 0) is 141 Å². The fraction of sp³-hybridized carbons (Fsp3) is 0. The van der Waals surface area contributed by atoms with Gasteiger partial charge in [-0.15, -0.1) is 0 Å². The van der Waals surface area contributed by atoms with Gasteiger partial charge in [0.1, 0.15) is 0 Å². The molecule has 0 unspecified atom stereocenters. The van der Waals surface area contributed by atoms with Crippen molar-refractivity contribution in [3.63, 3.8) is 0 Å². The molecule has 0 aliphatic heterocycles. The zero-order chi connectivity index (χ0) is 52.5. The van der Waals surface area contributed by atoms with E-state index in [0.717, 1.165) is 61.7 Å². The van der Waals surface area contributed by atoms with Crippen molar-refractivity contribution in [2.75, 3.05) is 4.90 Å². The summed E-state index contributed by atoms with van der Waals surface area (Å²) in [4.78, 5) is 2.37. The summed E-state index contributed by atoms with van der Waals surface area (Å²) in [7, 11) is 0. The van der Waals surface area contributed by atoms with Crippen LogP contribution < -0.4 is 4.90 Å². The number of para-hydroxylation sites is 2. The van der Waals surface area contributed by atoms with E-state index in [1.165, 1.54) is 66.7 Å². The number of rotatable bonds is 12. The molecule has 0 N–H and O–H groups in total. The predicted molar refractivity (Wildman–Crippen MR) is 333 cm³/mol. The monoisotopic (exact) mass is 1010 g/mol. The van der Waals surface area contributed by atoms with Crippen LogP contribution in [0.25, 0.3) is 111 Å². The highest BCUT2D eigenvalue weighted by Crippen LogP contribution is 2.47. The summed E-state index contributed by atoms with van der Waals surface area (Å²) in [6.45, 7) is 0. The van der Waals surface area contributed by atoms with E-state index in [-0.39, 0.29) is 0 Å². The molecule has 0 bridgehead atoms. The molecular weight excluding hydrogens is 955 g/mol. The molecule has 0 saturated carbocycles. The van der Waals surface area contributed by atoms with Crippen LogP contribution in [0.5, 0.6) is 0 Å². The van der Waals surface area contributed by atoms with Gasteiger partial charge >= 0.3 is 0 Å². The zero-order valence-corrected chi connectivity index (χ0v) is 43.4. The molecule has 79 heavy (non-hydrogen) atoms. The van der Waals surface area contributed by atoms with Gasteiger partial charge in [0, 0.05) is 50.3 Å². The average molecular weight is 1010 g/mol. The molecule has 14 rings (SSSR count). The minimum atomic E-state index is 1.07. The Morgan fingerprint density at radius 1 is 0.203 bits per heavy atom. The van der Waals surface area contributed by atoms with Gasteiger partial charge in [0.15, 0.2) is 0 Å². The Kier molecular flexibility index (Phi) is 12.2. The lowest BCUT2D eigenvalue weighted by Gasteiger charge is -2.26. The molecule has 0 aliphatic rings. The Hall–Kier alpha value is -10.5. The van der Waals surface area contributed by atoms with Crippen LogP contribution in [-0.4, -0.2) is 9.13 Å². The van der Waals surface area contributed by atoms with Gasteiger partial charge in [0.25, 0.3) is 0 Å². The van der Waals surface area contributed by atoms with Crippen LogP contribution in [0.1, 0.15) is 0 Å². The molecule has 14 aromatic rings. The van der Waals surface area contributed by atoms with Crippen LogP contribution >= 0.6 is 0 Å². The van der Waals surface area contributed by atoms with Crippen LogP contribution in [-0.2, 0) is 0 Å². The van der Waals surface area contributed by atoms with Gasteiger partial charge in [0.2, 0.25) is 0 Å². The van der Waals surface area contributed by atoms with Crippen LogP contribution in [0.2, 0.25) is 0 Å². The molecule has 372 valence electrons. The summed E-state index contributed by atoms with van der Waals surface area (Å²) >= 11 is 0. The third-order valence-electron chi connectivity index (χ3n) is 15.3. The number of benzene rings is 12. The molecular formula is C76H53N3. The van der Waals surface area contributed by atoms with Crippen molar-refractivity contribution in [1.82, 2.24) is 9.13 Å². The Bertz CT molecular complexity index is 4130. The first kappa shape index (κ1) is 47.0. The summed E-state index contributed by atoms with van der Waals surface area (Å²) in [6.07, 6.45) is 0. The van der Waals surface area contributed by atoms with Crippen molar-refractivity contribution in [1.29, 1.82) is 0 Å². The molecule has 3 nitrogen and oxygen atoms in total. The normalized spacial score (nSPS) is 11.3. The van der Waals surface area contributed by atoms with Gasteiger partial charge in [-0.1, -0.05) is 237 Å². The summed E-state index contributed by atoms with van der Waals surface area (Å²) in [5.74, 6) is 0. The standard InChI is InChI=1S/C76H53N3/c1-8-22-54(23-9-1)55-36-44-66(45-37-55)77(67-46-38-56(39-47-67)62-42-50-71-69(52-62)73(58-24-10-2-11-25-58)75(60-28-14-4-15-29-60)78(71)64-32-18-6-19-33-64)68-48-40-57(41-49-68)63-43-51-72-70(53-63)74(59-26-12-3-13-27-59)76(61-30-16-5-17-31-61)79(72)65-34-20-7-21-35-65/h1-53H. The van der Waals surface area contributed by atoms with Crippen molar-refractivity contribution < 1.29 is 0 Å². The van der Waals surface area contributed by atoms with E-state index in [9.17, 15) is 0 Å². The van der Waals surface area contributed by atoms with E-state index in [4.69, 9.17) is 0 Å². The lowest BCUT2D eigenvalue weighted by Crippen LogP contribution is -2.09. The van der Waals surface area contributed by atoms with Gasteiger partial charge < -0.3 is 14.0 Å². The van der Waals surface area contributed by atoms with Gasteiger partial charge in [-0.25, -0.2) is 0 Å². The van der Waals surface area contributed by atoms with E-state index in [1.54, 1.807) is 0 Å². The van der Waals surface area contributed by atoms with Crippen LogP contribution in [0.3, 0.4) is 0 Å². The maximum absolute atomic E-state index is 2.43. The highest BCUT2D eigenvalue weighted by atomic mass is 15.1. The Balaban J connectivity index is 0.872. The predicted octanol–water partition coefficient (Wildman–Crippen LogP) is 20.7. The lowest BCUT2D eigenvalue weighted by atomic mass is 9.96. The molecule has 0 radical (unpaired) electrons. The number of aromatic nitrogens is 2. The lowest BCUT2D eigenvalue weighted by molar-refractivity contribution is 1.13. The van der Waals surface area contributed by atoms with E-state index < -0.39 is 0 Å². The van der Waals surface area contributed by atoms with E-state index >= 15 is 0 Å². The van der Waals surface area contributed by atoms with Crippen molar-refractivity contribution in [2.24, 2.45) is 0 Å². The fourth-order valence-electron chi connectivity index (χ4n) is 11.7. The highest BCUT2D eigenvalue weighted by Gasteiger charge is 2.24. The second-order valence-electron chi connectivity index (χ2n) is 20.1. The third-order valence-corrected chi connectivity index (χ3v) is 15.3. The summed E-state index contributed by atoms with van der Waals surface area (Å²) in [5, 5.41) is 2.41. The highest BCUT2D eigenvalue weighted by molar-refractivity contribution is 6.08. The number of hydrogen-bond donors (Lipinski definition) is 0. The van der Waals surface area contributed by atoms with Crippen molar-refractivity contribution >= 4 is 38.9 Å². The first-order chi connectivity index (χ1) is 39.2. The molecule has 0 aliphatic carbocycles. The molecule has 0 saturated heterocycles. The maximum Gasteiger partial charge on any atom is 0.0619 e. The quantitative estimate of drug-likeness (QED) is 0.119. The average Bonchev–Trinajstić information content (AvgIpc) is 4.10. The number of hydrogen-bond acceptors (Lipinski definition) is 1. The Morgan fingerprint density at radius 3 is 0.785 bits per heavy atom. The molecule has 12 aromatic carbocycles. The SMILES string of the molecule is c1ccc(-c2ccc(N(c3ccc(-c4ccc5c(c4)c(-c4ccccc4)c(-c4ccccc4)n5-c4ccccc4)cc3)c3ccc(-c4ccc5c(c4)c(-c4ccccc4)c(-c4ccccc4)n5-c4ccccc4)cc3)cc2)cc1. The number of anilines is 3. The zero-order valence-electron chi connectivity index (χ0n) is 43.4. The Labute approximate surface area is 461 Å². The summed E-state index contributed by atoms with van der Waals surface area (Å²) in [5.41, 5.74) is 24.3. The van der Waals surface area contributed by atoms with Gasteiger partial charge in [0.05, 0.1) is 22.4 Å². The fourth-order valence-corrected chi connectivity index (χ4v) is 11.7. The molecule has 3 heteroatoms. The molecule has 0 amide bonds. The van der Waals surface area contributed by atoms with Crippen molar-refractivity contribution in [3.05, 3.63) is 322 Å². The first-order valence-corrected chi connectivity index (χ1v) is 27.1. The topological polar surface area (TPSA) is 13.1 Å². The first-order valence-electron chi connectivity index (χ1n) is 27.1. The van der Waals surface area contributed by atoms with Crippen LogP contribution in [0.4, 0.5) is 17.1 Å². The van der Waals surface area contributed by atoms with Crippen molar-refractivity contribution in [2.45, 2.75) is 0 Å². The van der Waals surface area contributed by atoms with E-state index in [0.29, 0.717) is 0 Å². The second kappa shape index (κ2) is 20.6.